The highest BCUT2D eigenvalue weighted by Crippen LogP contribution is 2.13. The van der Waals surface area contributed by atoms with E-state index in [2.05, 4.69) is 10.6 Å². The van der Waals surface area contributed by atoms with E-state index in [0.29, 0.717) is 10.6 Å². The third-order valence-corrected chi connectivity index (χ3v) is 3.88. The highest BCUT2D eigenvalue weighted by Gasteiger charge is 2.22. The van der Waals surface area contributed by atoms with Crippen molar-refractivity contribution < 1.29 is 23.9 Å². The number of furan rings is 1. The quantitative estimate of drug-likeness (QED) is 0.698. The number of nitrogens with one attached hydrogen (secondary N) is 2. The summed E-state index contributed by atoms with van der Waals surface area (Å²) >= 11 is 5.85. The zero-order valence-electron chi connectivity index (χ0n) is 14.7. The predicted molar refractivity (Wildman–Crippen MR) is 97.4 cm³/mol. The van der Waals surface area contributed by atoms with E-state index >= 15 is 0 Å². The second-order valence-corrected chi connectivity index (χ2v) is 6.49. The molecule has 2 rings (SSSR count). The van der Waals surface area contributed by atoms with E-state index in [1.807, 2.05) is 0 Å². The molecule has 0 spiro atoms. The second-order valence-electron chi connectivity index (χ2n) is 6.06. The first-order chi connectivity index (χ1) is 12.8. The van der Waals surface area contributed by atoms with Crippen molar-refractivity contribution in [3.63, 3.8) is 0 Å². The lowest BCUT2D eigenvalue weighted by atomic mass is 10.0. The third-order valence-electron chi connectivity index (χ3n) is 3.63. The van der Waals surface area contributed by atoms with Gasteiger partial charge in [-0.05, 0) is 41.8 Å². The highest BCUT2D eigenvalue weighted by molar-refractivity contribution is 6.30. The molecule has 0 fully saturated rings. The van der Waals surface area contributed by atoms with Crippen LogP contribution in [0, 0.1) is 5.92 Å². The Hall–Kier alpha value is -3.06. The SMILES string of the molecule is CC(C)[C@@H](NC(=O)/C(=C\c1ccc(Cl)cc1)NC(=O)c1ccco1)C(=O)[O-]. The molecule has 0 saturated heterocycles. The standard InChI is InChI=1S/C19H19ClN2O5/c1-11(2)16(19(25)26)22-17(23)14(10-12-5-7-13(20)8-6-12)21-18(24)15-4-3-9-27-15/h3-11,16H,1-2H3,(H,21,24)(H,22,23)(H,25,26)/p-1/b14-10+/t16-/m1/s1. The maximum atomic E-state index is 12.6. The predicted octanol–water partition coefficient (Wildman–Crippen LogP) is 1.59. The van der Waals surface area contributed by atoms with Crippen molar-refractivity contribution in [1.82, 2.24) is 10.6 Å². The van der Waals surface area contributed by atoms with Gasteiger partial charge in [0.05, 0.1) is 18.3 Å². The van der Waals surface area contributed by atoms with Gasteiger partial charge in [0.2, 0.25) is 0 Å². The summed E-state index contributed by atoms with van der Waals surface area (Å²) in [6, 6.07) is 8.28. The molecule has 0 aliphatic heterocycles. The van der Waals surface area contributed by atoms with Crippen LogP contribution in [0.1, 0.15) is 30.0 Å². The van der Waals surface area contributed by atoms with Crippen LogP contribution in [0.3, 0.4) is 0 Å². The summed E-state index contributed by atoms with van der Waals surface area (Å²) in [6.07, 6.45) is 2.72. The number of carbonyl (C=O) groups is 3. The minimum Gasteiger partial charge on any atom is -0.548 e. The Morgan fingerprint density at radius 2 is 1.81 bits per heavy atom. The largest absolute Gasteiger partial charge is 0.548 e. The monoisotopic (exact) mass is 389 g/mol. The number of carboxylic acid groups (broad SMARTS) is 1. The topological polar surface area (TPSA) is 111 Å². The van der Waals surface area contributed by atoms with E-state index in [9.17, 15) is 19.5 Å². The van der Waals surface area contributed by atoms with Crippen molar-refractivity contribution in [2.24, 2.45) is 5.92 Å². The van der Waals surface area contributed by atoms with Crippen molar-refractivity contribution in [3.8, 4) is 0 Å². The molecular formula is C19H18ClN2O5-. The molecule has 0 aliphatic carbocycles. The Morgan fingerprint density at radius 1 is 1.15 bits per heavy atom. The first kappa shape index (κ1) is 20.3. The smallest absolute Gasteiger partial charge is 0.291 e. The minimum absolute atomic E-state index is 0.00474. The zero-order chi connectivity index (χ0) is 20.0. The van der Waals surface area contributed by atoms with Gasteiger partial charge in [0, 0.05) is 5.02 Å². The van der Waals surface area contributed by atoms with Gasteiger partial charge in [-0.3, -0.25) is 9.59 Å². The molecule has 0 unspecified atom stereocenters. The molecule has 0 radical (unpaired) electrons. The van der Waals surface area contributed by atoms with Gasteiger partial charge in [-0.1, -0.05) is 37.6 Å². The molecule has 2 aromatic rings. The maximum Gasteiger partial charge on any atom is 0.291 e. The van der Waals surface area contributed by atoms with Crippen LogP contribution < -0.4 is 15.7 Å². The molecule has 0 saturated carbocycles. The Morgan fingerprint density at radius 3 is 2.33 bits per heavy atom. The van der Waals surface area contributed by atoms with Gasteiger partial charge in [-0.25, -0.2) is 0 Å². The number of aliphatic carboxylic acids is 1. The van der Waals surface area contributed by atoms with Crippen LogP contribution in [0.5, 0.6) is 0 Å². The molecule has 27 heavy (non-hydrogen) atoms. The fourth-order valence-electron chi connectivity index (χ4n) is 2.19. The van der Waals surface area contributed by atoms with Gasteiger partial charge >= 0.3 is 0 Å². The summed E-state index contributed by atoms with van der Waals surface area (Å²) in [4.78, 5) is 36.1. The number of rotatable bonds is 7. The first-order valence-electron chi connectivity index (χ1n) is 8.11. The van der Waals surface area contributed by atoms with Gasteiger partial charge in [0.1, 0.15) is 5.70 Å². The molecule has 2 amide bonds. The Balaban J connectivity index is 2.30. The normalized spacial score (nSPS) is 12.5. The van der Waals surface area contributed by atoms with Gasteiger partial charge < -0.3 is 25.0 Å². The van der Waals surface area contributed by atoms with E-state index in [0.717, 1.165) is 0 Å². The lowest BCUT2D eigenvalue weighted by Gasteiger charge is -2.24. The van der Waals surface area contributed by atoms with E-state index in [4.69, 9.17) is 16.0 Å². The number of amides is 2. The van der Waals surface area contributed by atoms with Crippen molar-refractivity contribution in [2.75, 3.05) is 0 Å². The fourth-order valence-corrected chi connectivity index (χ4v) is 2.32. The third kappa shape index (κ3) is 5.72. The number of carbonyl (C=O) groups excluding carboxylic acids is 3. The van der Waals surface area contributed by atoms with Gasteiger partial charge in [-0.2, -0.15) is 0 Å². The summed E-state index contributed by atoms with van der Waals surface area (Å²) in [5, 5.41) is 16.5. The molecular weight excluding hydrogens is 372 g/mol. The average molecular weight is 390 g/mol. The molecule has 1 atom stereocenters. The van der Waals surface area contributed by atoms with Crippen molar-refractivity contribution >= 4 is 35.5 Å². The zero-order valence-corrected chi connectivity index (χ0v) is 15.4. The van der Waals surface area contributed by atoms with E-state index < -0.39 is 29.7 Å². The Kier molecular flexibility index (Phi) is 6.79. The Labute approximate surface area is 161 Å². The maximum absolute atomic E-state index is 12.6. The first-order valence-corrected chi connectivity index (χ1v) is 8.49. The summed E-state index contributed by atoms with van der Waals surface area (Å²) < 4.78 is 5.01. The lowest BCUT2D eigenvalue weighted by molar-refractivity contribution is -0.309. The second kappa shape index (κ2) is 9.05. The van der Waals surface area contributed by atoms with E-state index in [1.54, 1.807) is 38.1 Å². The summed E-state index contributed by atoms with van der Waals surface area (Å²) in [5.74, 6) is -3.24. The number of halogens is 1. The molecule has 1 aromatic carbocycles. The number of benzene rings is 1. The van der Waals surface area contributed by atoms with Crippen LogP contribution in [0.15, 0.2) is 52.8 Å². The summed E-state index contributed by atoms with van der Waals surface area (Å²) in [7, 11) is 0. The van der Waals surface area contributed by atoms with E-state index in [-0.39, 0.29) is 11.5 Å². The molecule has 0 aliphatic rings. The van der Waals surface area contributed by atoms with Crippen molar-refractivity contribution in [2.45, 2.75) is 19.9 Å². The van der Waals surface area contributed by atoms with Gasteiger partial charge in [0.25, 0.3) is 11.8 Å². The molecule has 142 valence electrons. The minimum atomic E-state index is -1.42. The van der Waals surface area contributed by atoms with Gasteiger partial charge in [0.15, 0.2) is 5.76 Å². The molecule has 8 heteroatoms. The van der Waals surface area contributed by atoms with Crippen LogP contribution >= 0.6 is 11.6 Å². The van der Waals surface area contributed by atoms with E-state index in [1.165, 1.54) is 24.5 Å². The van der Waals surface area contributed by atoms with Crippen LogP contribution in [0.25, 0.3) is 6.08 Å². The van der Waals surface area contributed by atoms with Crippen LogP contribution in [-0.4, -0.2) is 23.8 Å². The lowest BCUT2D eigenvalue weighted by Crippen LogP contribution is -2.52. The van der Waals surface area contributed by atoms with Crippen LogP contribution in [0.2, 0.25) is 5.02 Å². The summed E-state index contributed by atoms with van der Waals surface area (Å²) in [5.41, 5.74) is 0.435. The van der Waals surface area contributed by atoms with Crippen LogP contribution in [0.4, 0.5) is 0 Å². The molecule has 1 aromatic heterocycles. The highest BCUT2D eigenvalue weighted by atomic mass is 35.5. The number of hydrogen-bond donors (Lipinski definition) is 2. The average Bonchev–Trinajstić information content (AvgIpc) is 3.14. The molecule has 2 N–H and O–H groups in total. The summed E-state index contributed by atoms with van der Waals surface area (Å²) in [6.45, 7) is 3.26. The fraction of sp³-hybridized carbons (Fsp3) is 0.211. The number of hydrogen-bond acceptors (Lipinski definition) is 5. The van der Waals surface area contributed by atoms with Crippen molar-refractivity contribution in [1.29, 1.82) is 0 Å². The molecule has 7 nitrogen and oxygen atoms in total. The number of carboxylic acids is 1. The van der Waals surface area contributed by atoms with Crippen LogP contribution in [-0.2, 0) is 9.59 Å². The van der Waals surface area contributed by atoms with Crippen molar-refractivity contribution in [3.05, 3.63) is 64.7 Å². The molecule has 0 bridgehead atoms. The Bertz CT molecular complexity index is 841. The molecule has 1 heterocycles. The van der Waals surface area contributed by atoms with Gasteiger partial charge in [-0.15, -0.1) is 0 Å².